The van der Waals surface area contributed by atoms with E-state index in [9.17, 15) is 9.18 Å². The number of carbonyl (C=O) groups is 1. The average Bonchev–Trinajstić information content (AvgIpc) is 3.40. The van der Waals surface area contributed by atoms with Crippen molar-refractivity contribution in [2.24, 2.45) is 15.9 Å². The molecule has 0 bridgehead atoms. The predicted octanol–water partition coefficient (Wildman–Crippen LogP) is 6.41. The fourth-order valence-electron chi connectivity index (χ4n) is 5.76. The van der Waals surface area contributed by atoms with Crippen molar-refractivity contribution in [3.8, 4) is 11.1 Å². The molecule has 1 saturated carbocycles. The molecule has 41 heavy (non-hydrogen) atoms. The molecule has 1 aromatic heterocycles. The standard InChI is InChI=1S/C31H26ClFN6O2/c1-2-41-37-30-24-12-18(19-15-35-38(16-19)21-8-9-21)11-23(27-13-17-5-3-4-6-26(17)39(27)31(34)40)28(24)29(36-30)22-14-20(33)7-10-25(22)32/h3-7,10-12,14-16,21,27H,2,8-9,13H2,1H3,(H2,34,40). The number of urea groups is 1. The SMILES string of the molecule is CCON=C1N=C(c2cc(F)ccc2Cl)c2c1cc(-c1cnn(C3CC3)c1)cc2C1Cc2ccccc2N1C(N)=O. The second kappa shape index (κ2) is 9.85. The number of amidine groups is 1. The van der Waals surface area contributed by atoms with Gasteiger partial charge in [0, 0.05) is 34.1 Å². The Hall–Kier alpha value is -4.50. The molecule has 0 radical (unpaired) electrons. The summed E-state index contributed by atoms with van der Waals surface area (Å²) in [7, 11) is 0. The number of oxime groups is 1. The van der Waals surface area contributed by atoms with Gasteiger partial charge in [-0.3, -0.25) is 9.58 Å². The van der Waals surface area contributed by atoms with Crippen LogP contribution in [0.15, 0.2) is 77.1 Å². The molecule has 2 N–H and O–H groups in total. The van der Waals surface area contributed by atoms with E-state index in [1.807, 2.05) is 60.4 Å². The normalized spacial score (nSPS) is 18.4. The topological polar surface area (TPSA) is 98.1 Å². The van der Waals surface area contributed by atoms with Crippen molar-refractivity contribution in [2.75, 3.05) is 11.5 Å². The third kappa shape index (κ3) is 4.37. The van der Waals surface area contributed by atoms with Crippen LogP contribution in [0.25, 0.3) is 11.1 Å². The lowest BCUT2D eigenvalue weighted by Gasteiger charge is -2.27. The number of hydrogen-bond donors (Lipinski definition) is 1. The summed E-state index contributed by atoms with van der Waals surface area (Å²) in [6, 6.07) is 15.3. The van der Waals surface area contributed by atoms with E-state index in [1.165, 1.54) is 18.2 Å². The summed E-state index contributed by atoms with van der Waals surface area (Å²) < 4.78 is 16.5. The molecule has 3 heterocycles. The zero-order chi connectivity index (χ0) is 28.2. The van der Waals surface area contributed by atoms with Crippen molar-refractivity contribution >= 4 is 34.9 Å². The maximum Gasteiger partial charge on any atom is 0.319 e. The van der Waals surface area contributed by atoms with Crippen molar-refractivity contribution in [1.29, 1.82) is 0 Å². The molecular formula is C31H26ClFN6O2. The van der Waals surface area contributed by atoms with Crippen LogP contribution in [0.2, 0.25) is 5.02 Å². The van der Waals surface area contributed by atoms with E-state index in [4.69, 9.17) is 27.2 Å². The molecule has 3 aromatic carbocycles. The first kappa shape index (κ1) is 25.5. The number of benzene rings is 3. The molecule has 1 aliphatic carbocycles. The van der Waals surface area contributed by atoms with Crippen LogP contribution in [0, 0.1) is 5.82 Å². The Morgan fingerprint density at radius 2 is 1.98 bits per heavy atom. The highest BCUT2D eigenvalue weighted by molar-refractivity contribution is 6.38. The second-order valence-electron chi connectivity index (χ2n) is 10.4. The first-order valence-corrected chi connectivity index (χ1v) is 13.9. The van der Waals surface area contributed by atoms with E-state index in [2.05, 4.69) is 10.3 Å². The molecule has 1 fully saturated rings. The van der Waals surface area contributed by atoms with Crippen LogP contribution in [0.5, 0.6) is 0 Å². The van der Waals surface area contributed by atoms with Crippen LogP contribution < -0.4 is 10.6 Å². The third-order valence-electron chi connectivity index (χ3n) is 7.76. The van der Waals surface area contributed by atoms with Gasteiger partial charge in [-0.2, -0.15) is 5.10 Å². The maximum atomic E-state index is 14.5. The first-order valence-electron chi connectivity index (χ1n) is 13.6. The largest absolute Gasteiger partial charge is 0.394 e. The Morgan fingerprint density at radius 1 is 1.15 bits per heavy atom. The van der Waals surface area contributed by atoms with Gasteiger partial charge in [-0.05, 0) is 79.3 Å². The number of primary amides is 1. The zero-order valence-corrected chi connectivity index (χ0v) is 23.0. The minimum Gasteiger partial charge on any atom is -0.394 e. The number of nitrogens with zero attached hydrogens (tertiary/aromatic N) is 5. The van der Waals surface area contributed by atoms with Gasteiger partial charge in [0.05, 0.1) is 29.0 Å². The van der Waals surface area contributed by atoms with Crippen LogP contribution in [0.1, 0.15) is 59.7 Å². The van der Waals surface area contributed by atoms with Gasteiger partial charge in [0.25, 0.3) is 0 Å². The molecule has 206 valence electrons. The van der Waals surface area contributed by atoms with Crippen molar-refractivity contribution < 1.29 is 14.0 Å². The first-order chi connectivity index (χ1) is 19.9. The summed E-state index contributed by atoms with van der Waals surface area (Å²) in [4.78, 5) is 24.8. The predicted molar refractivity (Wildman–Crippen MR) is 156 cm³/mol. The van der Waals surface area contributed by atoms with Crippen LogP contribution in [-0.4, -0.2) is 34.0 Å². The van der Waals surface area contributed by atoms with E-state index < -0.39 is 17.9 Å². The van der Waals surface area contributed by atoms with Crippen molar-refractivity contribution in [3.63, 3.8) is 0 Å². The lowest BCUT2D eigenvalue weighted by molar-refractivity contribution is 0.159. The van der Waals surface area contributed by atoms with Crippen LogP contribution in [0.4, 0.5) is 14.9 Å². The van der Waals surface area contributed by atoms with Gasteiger partial charge in [-0.25, -0.2) is 14.2 Å². The minimum absolute atomic E-state index is 0.343. The van der Waals surface area contributed by atoms with Gasteiger partial charge < -0.3 is 10.6 Å². The average molecular weight is 569 g/mol. The van der Waals surface area contributed by atoms with Crippen LogP contribution in [0.3, 0.4) is 0 Å². The second-order valence-corrected chi connectivity index (χ2v) is 10.8. The monoisotopic (exact) mass is 568 g/mol. The smallest absolute Gasteiger partial charge is 0.319 e. The Bertz CT molecular complexity index is 1780. The van der Waals surface area contributed by atoms with Crippen LogP contribution in [-0.2, 0) is 11.3 Å². The molecule has 3 aliphatic rings. The molecule has 0 spiro atoms. The Labute approximate surface area is 240 Å². The molecule has 2 aliphatic heterocycles. The van der Waals surface area contributed by atoms with E-state index in [0.29, 0.717) is 52.3 Å². The lowest BCUT2D eigenvalue weighted by atomic mass is 9.87. The highest BCUT2D eigenvalue weighted by atomic mass is 35.5. The number of nitrogens with two attached hydrogens (primary N) is 1. The van der Waals surface area contributed by atoms with Gasteiger partial charge in [0.2, 0.25) is 0 Å². The number of rotatable bonds is 6. The Kier molecular flexibility index (Phi) is 6.12. The molecule has 8 nitrogen and oxygen atoms in total. The van der Waals surface area contributed by atoms with Crippen molar-refractivity contribution in [2.45, 2.75) is 38.3 Å². The highest BCUT2D eigenvalue weighted by Crippen LogP contribution is 2.45. The van der Waals surface area contributed by atoms with E-state index >= 15 is 0 Å². The molecule has 7 rings (SSSR count). The van der Waals surface area contributed by atoms with Gasteiger partial charge in [-0.15, -0.1) is 0 Å². The summed E-state index contributed by atoms with van der Waals surface area (Å²) in [5.41, 5.74) is 12.6. The fourth-order valence-corrected chi connectivity index (χ4v) is 5.97. The number of carbonyl (C=O) groups excluding carboxylic acids is 1. The third-order valence-corrected chi connectivity index (χ3v) is 8.09. The molecule has 1 unspecified atom stereocenters. The number of hydrogen-bond acceptors (Lipinski definition) is 4. The van der Waals surface area contributed by atoms with Crippen molar-refractivity contribution in [1.82, 2.24) is 9.78 Å². The summed E-state index contributed by atoms with van der Waals surface area (Å²) in [6.07, 6.45) is 6.65. The Morgan fingerprint density at radius 3 is 2.76 bits per heavy atom. The number of aliphatic imine (C=N–C) groups is 1. The van der Waals surface area contributed by atoms with Crippen LogP contribution >= 0.6 is 11.6 Å². The Balaban J connectivity index is 1.48. The number of fused-ring (bicyclic) bond motifs is 2. The maximum absolute atomic E-state index is 14.5. The summed E-state index contributed by atoms with van der Waals surface area (Å²) in [6.45, 7) is 2.18. The number of para-hydroxylation sites is 1. The molecular weight excluding hydrogens is 543 g/mol. The molecule has 4 aromatic rings. The quantitative estimate of drug-likeness (QED) is 0.272. The highest BCUT2D eigenvalue weighted by Gasteiger charge is 2.39. The number of anilines is 1. The fraction of sp³-hybridized carbons (Fsp3) is 0.226. The number of halogens is 2. The van der Waals surface area contributed by atoms with Gasteiger partial charge in [-0.1, -0.05) is 35.0 Å². The molecule has 0 saturated heterocycles. The van der Waals surface area contributed by atoms with E-state index in [1.54, 1.807) is 4.90 Å². The summed E-state index contributed by atoms with van der Waals surface area (Å²) in [5.74, 6) is -0.0995. The van der Waals surface area contributed by atoms with Gasteiger partial charge in [0.15, 0.2) is 5.84 Å². The molecule has 2 amide bonds. The lowest BCUT2D eigenvalue weighted by Crippen LogP contribution is -2.37. The summed E-state index contributed by atoms with van der Waals surface area (Å²) in [5, 5.41) is 9.25. The summed E-state index contributed by atoms with van der Waals surface area (Å²) >= 11 is 6.61. The zero-order valence-electron chi connectivity index (χ0n) is 22.2. The van der Waals surface area contributed by atoms with Gasteiger partial charge >= 0.3 is 6.03 Å². The van der Waals surface area contributed by atoms with Gasteiger partial charge in [0.1, 0.15) is 12.4 Å². The number of amides is 2. The van der Waals surface area contributed by atoms with Crippen molar-refractivity contribution in [3.05, 3.63) is 106 Å². The number of aromatic nitrogens is 2. The molecule has 10 heteroatoms. The van der Waals surface area contributed by atoms with E-state index in [0.717, 1.165) is 40.8 Å². The van der Waals surface area contributed by atoms with E-state index in [-0.39, 0.29) is 0 Å². The minimum atomic E-state index is -0.566. The molecule has 1 atom stereocenters.